The maximum Gasteiger partial charge on any atom is 0.263 e. The zero-order chi connectivity index (χ0) is 24.8. The Morgan fingerprint density at radius 1 is 1.31 bits per heavy atom. The van der Waals surface area contributed by atoms with Crippen LogP contribution in [0.3, 0.4) is 0 Å². The molecule has 1 aromatic carbocycles. The average molecular weight is 512 g/mol. The molecule has 1 amide bonds. The van der Waals surface area contributed by atoms with Gasteiger partial charge in [-0.2, -0.15) is 0 Å². The van der Waals surface area contributed by atoms with E-state index in [1.165, 1.54) is 0 Å². The van der Waals surface area contributed by atoms with Crippen molar-refractivity contribution in [1.82, 2.24) is 15.2 Å². The summed E-state index contributed by atoms with van der Waals surface area (Å²) in [5.41, 5.74) is 3.28. The van der Waals surface area contributed by atoms with Crippen LogP contribution < -0.4 is 20.3 Å². The highest BCUT2D eigenvalue weighted by atomic mass is 35.5. The molecule has 4 aliphatic rings. The monoisotopic (exact) mass is 511 g/mol. The molecule has 5 heterocycles. The third-order valence-electron chi connectivity index (χ3n) is 7.53. The largest absolute Gasteiger partial charge is 0.480 e. The minimum atomic E-state index is -0.332. The van der Waals surface area contributed by atoms with E-state index in [4.69, 9.17) is 16.3 Å². The Labute approximate surface area is 213 Å². The normalized spacial score (nSPS) is 23.2. The number of benzene rings is 1. The van der Waals surface area contributed by atoms with Gasteiger partial charge < -0.3 is 30.0 Å². The molecule has 36 heavy (non-hydrogen) atoms. The van der Waals surface area contributed by atoms with Crippen molar-refractivity contribution in [2.45, 2.75) is 37.4 Å². The minimum Gasteiger partial charge on any atom is -0.480 e. The number of hydrogen-bond donors (Lipinski definition) is 2. The maximum absolute atomic E-state index is 14.9. The van der Waals surface area contributed by atoms with Gasteiger partial charge in [0.05, 0.1) is 16.4 Å². The molecule has 0 spiro atoms. The number of likely N-dealkylation sites (tertiary alicyclic amines) is 1. The Kier molecular flexibility index (Phi) is 6.15. The van der Waals surface area contributed by atoms with Crippen LogP contribution in [0.15, 0.2) is 24.3 Å². The first-order valence-corrected chi connectivity index (χ1v) is 12.7. The number of pyridine rings is 1. The highest BCUT2D eigenvalue weighted by Gasteiger charge is 2.38. The van der Waals surface area contributed by atoms with E-state index in [0.29, 0.717) is 41.4 Å². The number of aromatic nitrogens is 1. The van der Waals surface area contributed by atoms with E-state index in [1.54, 1.807) is 18.2 Å². The second-order valence-corrected chi connectivity index (χ2v) is 10.2. The summed E-state index contributed by atoms with van der Waals surface area (Å²) in [7, 11) is 0. The molecule has 2 atom stereocenters. The summed E-state index contributed by atoms with van der Waals surface area (Å²) < 4.78 is 20.3. The highest BCUT2D eigenvalue weighted by Crippen LogP contribution is 2.44. The molecular weight excluding hydrogens is 485 g/mol. The Bertz CT molecular complexity index is 1250. The Balaban J connectivity index is 1.06. The number of hydrogen-bond acceptors (Lipinski definition) is 7. The van der Waals surface area contributed by atoms with Gasteiger partial charge in [0.25, 0.3) is 5.91 Å². The molecule has 8 nitrogen and oxygen atoms in total. The van der Waals surface area contributed by atoms with Crippen LogP contribution >= 0.6 is 11.6 Å². The van der Waals surface area contributed by atoms with Crippen LogP contribution in [0.4, 0.5) is 15.9 Å². The molecule has 2 aromatic rings. The minimum absolute atomic E-state index is 0.0303. The van der Waals surface area contributed by atoms with E-state index in [2.05, 4.69) is 20.5 Å². The molecule has 1 saturated heterocycles. The van der Waals surface area contributed by atoms with Crippen molar-refractivity contribution in [3.63, 3.8) is 0 Å². The number of aldehydes is 1. The lowest BCUT2D eigenvalue weighted by Crippen LogP contribution is -2.44. The zero-order valence-corrected chi connectivity index (χ0v) is 20.4. The zero-order valence-electron chi connectivity index (χ0n) is 19.7. The first-order valence-electron chi connectivity index (χ1n) is 12.3. The molecule has 2 N–H and O–H groups in total. The molecule has 188 valence electrons. The molecule has 0 saturated carbocycles. The van der Waals surface area contributed by atoms with Crippen LogP contribution in [0, 0.1) is 5.82 Å². The summed E-state index contributed by atoms with van der Waals surface area (Å²) in [6, 6.07) is 5.01. The van der Waals surface area contributed by atoms with Crippen molar-refractivity contribution < 1.29 is 18.7 Å². The van der Waals surface area contributed by atoms with Gasteiger partial charge >= 0.3 is 0 Å². The molecule has 1 fully saturated rings. The first kappa shape index (κ1) is 23.4. The van der Waals surface area contributed by atoms with Gasteiger partial charge in [0.2, 0.25) is 0 Å². The number of anilines is 2. The molecule has 0 radical (unpaired) electrons. The Morgan fingerprint density at radius 2 is 2.14 bits per heavy atom. The van der Waals surface area contributed by atoms with E-state index in [0.717, 1.165) is 55.6 Å². The lowest BCUT2D eigenvalue weighted by atomic mass is 9.95. The number of ether oxygens (including phenoxy) is 1. The lowest BCUT2D eigenvalue weighted by molar-refractivity contribution is -0.118. The molecule has 10 heteroatoms. The van der Waals surface area contributed by atoms with Gasteiger partial charge in [-0.05, 0) is 43.6 Å². The molecule has 6 rings (SSSR count). The molecular formula is C26H27ClFN5O3. The van der Waals surface area contributed by atoms with Crippen LogP contribution in [0.1, 0.15) is 35.6 Å². The second-order valence-electron chi connectivity index (χ2n) is 9.79. The van der Waals surface area contributed by atoms with Crippen LogP contribution in [-0.2, 0) is 16.1 Å². The number of amides is 1. The lowest BCUT2D eigenvalue weighted by Gasteiger charge is -2.34. The molecule has 2 unspecified atom stereocenters. The number of fused-ring (bicyclic) bond motifs is 1. The number of nitrogens with one attached hydrogen (secondary N) is 2. The fourth-order valence-electron chi connectivity index (χ4n) is 5.73. The van der Waals surface area contributed by atoms with Crippen molar-refractivity contribution in [2.24, 2.45) is 0 Å². The summed E-state index contributed by atoms with van der Waals surface area (Å²) in [6.07, 6.45) is 6.65. The summed E-state index contributed by atoms with van der Waals surface area (Å²) in [5, 5.41) is 6.76. The van der Waals surface area contributed by atoms with Crippen LogP contribution in [-0.4, -0.2) is 66.9 Å². The summed E-state index contributed by atoms with van der Waals surface area (Å²) in [5.74, 6) is 0.501. The van der Waals surface area contributed by atoms with E-state index < -0.39 is 0 Å². The number of nitrogens with zero attached hydrogens (tertiary/aromatic N) is 3. The van der Waals surface area contributed by atoms with Crippen LogP contribution in [0.2, 0.25) is 5.02 Å². The first-order chi connectivity index (χ1) is 17.5. The van der Waals surface area contributed by atoms with Crippen LogP contribution in [0.5, 0.6) is 5.75 Å². The summed E-state index contributed by atoms with van der Waals surface area (Å²) in [4.78, 5) is 32.1. The number of halogens is 2. The van der Waals surface area contributed by atoms with E-state index in [-0.39, 0.29) is 30.3 Å². The Hall–Kier alpha value is -3.01. The molecule has 0 aliphatic carbocycles. The van der Waals surface area contributed by atoms with Crippen molar-refractivity contribution >= 4 is 41.4 Å². The SMILES string of the molecule is O=CC1C=Cc2ccc(F)c3c2N1CC3CN1CCC(NCc2nc3c(cc2Cl)OCC(=O)N3)CC1. The highest BCUT2D eigenvalue weighted by molar-refractivity contribution is 6.31. The van der Waals surface area contributed by atoms with Gasteiger partial charge in [0.15, 0.2) is 18.2 Å². The Morgan fingerprint density at radius 3 is 2.94 bits per heavy atom. The van der Waals surface area contributed by atoms with Crippen LogP contribution in [0.25, 0.3) is 6.08 Å². The van der Waals surface area contributed by atoms with E-state index in [1.807, 2.05) is 17.1 Å². The maximum atomic E-state index is 14.9. The summed E-state index contributed by atoms with van der Waals surface area (Å²) in [6.45, 7) is 3.67. The van der Waals surface area contributed by atoms with E-state index >= 15 is 0 Å². The van der Waals surface area contributed by atoms with Gasteiger partial charge in [-0.15, -0.1) is 0 Å². The number of carbonyl (C=O) groups excluding carboxylic acids is 2. The van der Waals surface area contributed by atoms with Gasteiger partial charge in [-0.25, -0.2) is 9.37 Å². The third-order valence-corrected chi connectivity index (χ3v) is 7.86. The fourth-order valence-corrected chi connectivity index (χ4v) is 5.93. The predicted octanol–water partition coefficient (Wildman–Crippen LogP) is 2.96. The smallest absolute Gasteiger partial charge is 0.263 e. The quantitative estimate of drug-likeness (QED) is 0.577. The topological polar surface area (TPSA) is 86.8 Å². The van der Waals surface area contributed by atoms with Crippen molar-refractivity contribution in [3.05, 3.63) is 51.9 Å². The number of rotatable bonds is 6. The fraction of sp³-hybridized carbons (Fsp3) is 0.423. The predicted molar refractivity (Wildman–Crippen MR) is 135 cm³/mol. The van der Waals surface area contributed by atoms with Gasteiger partial charge in [-0.3, -0.25) is 4.79 Å². The average Bonchev–Trinajstić information content (AvgIpc) is 3.26. The molecule has 4 aliphatic heterocycles. The van der Waals surface area contributed by atoms with Crippen molar-refractivity contribution in [1.29, 1.82) is 0 Å². The van der Waals surface area contributed by atoms with Gasteiger partial charge in [0.1, 0.15) is 18.1 Å². The standard InChI is InChI=1S/C26H27ClFN5O3/c27-19-9-22-26(31-23(35)14-36-22)30-21(19)10-29-17-5-7-32(8-6-17)11-16-12-33-18(13-34)3-1-15-2-4-20(28)24(16)25(15)33/h1-4,9,13,16-18,29H,5-8,10-12,14H2,(H,30,31,35). The van der Waals surface area contributed by atoms with Gasteiger partial charge in [-0.1, -0.05) is 23.8 Å². The van der Waals surface area contributed by atoms with Crippen molar-refractivity contribution in [3.8, 4) is 5.75 Å². The number of piperidine rings is 1. The molecule has 0 bridgehead atoms. The third kappa shape index (κ3) is 4.25. The molecule has 1 aromatic heterocycles. The van der Waals surface area contributed by atoms with Gasteiger partial charge in [0, 0.05) is 43.2 Å². The summed E-state index contributed by atoms with van der Waals surface area (Å²) >= 11 is 6.38. The van der Waals surface area contributed by atoms with Crippen molar-refractivity contribution in [2.75, 3.05) is 43.0 Å². The van der Waals surface area contributed by atoms with E-state index in [9.17, 15) is 14.0 Å². The second kappa shape index (κ2) is 9.46. The number of carbonyl (C=O) groups is 2.